The predicted octanol–water partition coefficient (Wildman–Crippen LogP) is 3.28. The van der Waals surface area contributed by atoms with Crippen LogP contribution in [0.4, 0.5) is 0 Å². The first-order chi connectivity index (χ1) is 9.83. The Morgan fingerprint density at radius 2 is 2.15 bits per heavy atom. The topological polar surface area (TPSA) is 56.0 Å². The normalized spacial score (nSPS) is 11.2. The van der Waals surface area contributed by atoms with Gasteiger partial charge in [-0.25, -0.2) is 0 Å². The maximum atomic E-state index is 4.65. The third-order valence-electron chi connectivity index (χ3n) is 2.97. The third kappa shape index (κ3) is 1.75. The summed E-state index contributed by atoms with van der Waals surface area (Å²) in [5.74, 6) is 0.727. The van der Waals surface area contributed by atoms with Gasteiger partial charge in [0.25, 0.3) is 0 Å². The van der Waals surface area contributed by atoms with Crippen LogP contribution >= 0.6 is 22.7 Å². The van der Waals surface area contributed by atoms with Gasteiger partial charge in [0.15, 0.2) is 10.8 Å². The molecule has 7 heteroatoms. The van der Waals surface area contributed by atoms with Crippen molar-refractivity contribution in [3.63, 3.8) is 0 Å². The van der Waals surface area contributed by atoms with Gasteiger partial charge in [0.05, 0.1) is 4.88 Å². The molecule has 98 valence electrons. The van der Waals surface area contributed by atoms with Gasteiger partial charge < -0.3 is 0 Å². The Bertz CT molecular complexity index is 875. The summed E-state index contributed by atoms with van der Waals surface area (Å²) >= 11 is 3.25. The highest BCUT2D eigenvalue weighted by atomic mass is 32.1. The lowest BCUT2D eigenvalue weighted by atomic mass is 10.3. The Balaban J connectivity index is 1.90. The highest BCUT2D eigenvalue weighted by Gasteiger charge is 2.15. The maximum Gasteiger partial charge on any atom is 0.235 e. The van der Waals surface area contributed by atoms with Crippen molar-refractivity contribution in [2.75, 3.05) is 0 Å². The van der Waals surface area contributed by atoms with Crippen LogP contribution in [0.5, 0.6) is 0 Å². The lowest BCUT2D eigenvalue weighted by Crippen LogP contribution is -1.91. The Morgan fingerprint density at radius 3 is 2.90 bits per heavy atom. The Hall–Kier alpha value is -2.12. The molecule has 0 saturated carbocycles. The number of aryl methyl sites for hydroxylation is 1. The lowest BCUT2D eigenvalue weighted by molar-refractivity contribution is 0.969. The van der Waals surface area contributed by atoms with E-state index in [2.05, 4.69) is 38.7 Å². The number of thiophene rings is 1. The van der Waals surface area contributed by atoms with E-state index in [1.807, 2.05) is 12.1 Å². The molecule has 4 heterocycles. The minimum absolute atomic E-state index is 0.727. The molecule has 0 aliphatic carbocycles. The van der Waals surface area contributed by atoms with Crippen LogP contribution in [-0.2, 0) is 0 Å². The van der Waals surface area contributed by atoms with Gasteiger partial charge in [-0.1, -0.05) is 11.3 Å². The SMILES string of the molecule is Cc1ccsc1-c1nn2c(-c3cccnc3)nnc2s1. The van der Waals surface area contributed by atoms with E-state index < -0.39 is 0 Å². The van der Waals surface area contributed by atoms with Crippen molar-refractivity contribution in [2.45, 2.75) is 6.92 Å². The van der Waals surface area contributed by atoms with Crippen molar-refractivity contribution in [1.29, 1.82) is 0 Å². The molecule has 4 rings (SSSR count). The first kappa shape index (κ1) is 11.7. The number of rotatable bonds is 2. The number of aromatic nitrogens is 5. The number of pyridine rings is 1. The van der Waals surface area contributed by atoms with E-state index in [0.29, 0.717) is 0 Å². The van der Waals surface area contributed by atoms with Crippen LogP contribution in [0, 0.1) is 6.92 Å². The maximum absolute atomic E-state index is 4.65. The van der Waals surface area contributed by atoms with Crippen LogP contribution in [0.15, 0.2) is 36.0 Å². The molecular weight excluding hydrogens is 290 g/mol. The van der Waals surface area contributed by atoms with Crippen molar-refractivity contribution in [1.82, 2.24) is 24.8 Å². The van der Waals surface area contributed by atoms with Gasteiger partial charge in [-0.05, 0) is 36.1 Å². The Morgan fingerprint density at radius 1 is 1.20 bits per heavy atom. The molecule has 0 aliphatic heterocycles. The average Bonchev–Trinajstić information content (AvgIpc) is 3.13. The minimum Gasteiger partial charge on any atom is -0.264 e. The zero-order valence-electron chi connectivity index (χ0n) is 10.5. The van der Waals surface area contributed by atoms with E-state index in [-0.39, 0.29) is 0 Å². The summed E-state index contributed by atoms with van der Waals surface area (Å²) in [4.78, 5) is 6.10. The first-order valence-electron chi connectivity index (χ1n) is 6.00. The molecule has 0 unspecified atom stereocenters. The van der Waals surface area contributed by atoms with E-state index >= 15 is 0 Å². The van der Waals surface area contributed by atoms with E-state index in [4.69, 9.17) is 0 Å². The summed E-state index contributed by atoms with van der Waals surface area (Å²) in [6, 6.07) is 5.94. The van der Waals surface area contributed by atoms with Crippen LogP contribution in [0.2, 0.25) is 0 Å². The standard InChI is InChI=1S/C13H9N5S2/c1-8-4-6-19-10(8)12-17-18-11(15-16-13(18)20-12)9-3-2-5-14-7-9/h2-7H,1H3. The second-order valence-corrected chi connectivity index (χ2v) is 6.17. The molecule has 0 fully saturated rings. The lowest BCUT2D eigenvalue weighted by Gasteiger charge is -1.95. The quantitative estimate of drug-likeness (QED) is 0.570. The molecule has 0 saturated heterocycles. The minimum atomic E-state index is 0.727. The summed E-state index contributed by atoms with van der Waals surface area (Å²) in [7, 11) is 0. The van der Waals surface area contributed by atoms with Crippen LogP contribution in [0.3, 0.4) is 0 Å². The molecule has 5 nitrogen and oxygen atoms in total. The van der Waals surface area contributed by atoms with Crippen LogP contribution < -0.4 is 0 Å². The summed E-state index contributed by atoms with van der Waals surface area (Å²) in [5.41, 5.74) is 2.16. The number of nitrogens with zero attached hydrogens (tertiary/aromatic N) is 5. The smallest absolute Gasteiger partial charge is 0.235 e. The molecule has 0 aromatic carbocycles. The van der Waals surface area contributed by atoms with Gasteiger partial charge in [0, 0.05) is 18.0 Å². The van der Waals surface area contributed by atoms with Gasteiger partial charge in [-0.3, -0.25) is 4.98 Å². The van der Waals surface area contributed by atoms with Crippen molar-refractivity contribution in [3.8, 4) is 21.3 Å². The zero-order valence-corrected chi connectivity index (χ0v) is 12.1. The van der Waals surface area contributed by atoms with Crippen molar-refractivity contribution >= 4 is 27.6 Å². The second kappa shape index (κ2) is 4.46. The molecule has 0 radical (unpaired) electrons. The van der Waals surface area contributed by atoms with Crippen LogP contribution in [0.1, 0.15) is 5.56 Å². The molecule has 0 amide bonds. The molecule has 0 spiro atoms. The molecule has 4 aromatic heterocycles. The molecular formula is C13H9N5S2. The number of hydrogen-bond acceptors (Lipinski definition) is 6. The predicted molar refractivity (Wildman–Crippen MR) is 79.9 cm³/mol. The van der Waals surface area contributed by atoms with Gasteiger partial charge in [-0.15, -0.1) is 21.5 Å². The van der Waals surface area contributed by atoms with E-state index in [1.165, 1.54) is 10.4 Å². The molecule has 0 bridgehead atoms. The number of fused-ring (bicyclic) bond motifs is 1. The fourth-order valence-electron chi connectivity index (χ4n) is 1.98. The highest BCUT2D eigenvalue weighted by molar-refractivity contribution is 7.24. The largest absolute Gasteiger partial charge is 0.264 e. The Kier molecular flexibility index (Phi) is 2.61. The summed E-state index contributed by atoms with van der Waals surface area (Å²) < 4.78 is 1.79. The van der Waals surface area contributed by atoms with Crippen LogP contribution in [0.25, 0.3) is 26.2 Å². The summed E-state index contributed by atoms with van der Waals surface area (Å²) in [5, 5.41) is 16.1. The monoisotopic (exact) mass is 299 g/mol. The Labute approximate surface area is 122 Å². The molecule has 0 atom stereocenters. The van der Waals surface area contributed by atoms with Crippen LogP contribution in [-0.4, -0.2) is 24.8 Å². The molecule has 4 aromatic rings. The molecule has 0 aliphatic rings. The van der Waals surface area contributed by atoms with E-state index in [0.717, 1.165) is 21.4 Å². The number of hydrogen-bond donors (Lipinski definition) is 0. The fourth-order valence-corrected chi connectivity index (χ4v) is 3.89. The fraction of sp³-hybridized carbons (Fsp3) is 0.0769. The second-order valence-electron chi connectivity index (χ2n) is 4.30. The van der Waals surface area contributed by atoms with Gasteiger partial charge in [-0.2, -0.15) is 9.61 Å². The van der Waals surface area contributed by atoms with Crippen molar-refractivity contribution in [2.24, 2.45) is 0 Å². The first-order valence-corrected chi connectivity index (χ1v) is 7.69. The molecule has 20 heavy (non-hydrogen) atoms. The highest BCUT2D eigenvalue weighted by Crippen LogP contribution is 2.33. The average molecular weight is 299 g/mol. The van der Waals surface area contributed by atoms with E-state index in [9.17, 15) is 0 Å². The zero-order chi connectivity index (χ0) is 13.5. The molecule has 0 N–H and O–H groups in total. The van der Waals surface area contributed by atoms with Crippen molar-refractivity contribution in [3.05, 3.63) is 41.5 Å². The summed E-state index contributed by atoms with van der Waals surface area (Å²) in [6.45, 7) is 2.09. The van der Waals surface area contributed by atoms with Gasteiger partial charge >= 0.3 is 0 Å². The van der Waals surface area contributed by atoms with Gasteiger partial charge in [0.1, 0.15) is 0 Å². The van der Waals surface area contributed by atoms with Crippen molar-refractivity contribution < 1.29 is 0 Å². The summed E-state index contributed by atoms with van der Waals surface area (Å²) in [6.07, 6.45) is 3.51. The third-order valence-corrected chi connectivity index (χ3v) is 5.04. The van der Waals surface area contributed by atoms with Gasteiger partial charge in [0.2, 0.25) is 4.96 Å². The van der Waals surface area contributed by atoms with E-state index in [1.54, 1.807) is 39.6 Å².